The minimum atomic E-state index is -1.56. The summed E-state index contributed by atoms with van der Waals surface area (Å²) in [6.07, 6.45) is 1.34. The zero-order valence-electron chi connectivity index (χ0n) is 21.0. The van der Waals surface area contributed by atoms with Crippen molar-refractivity contribution in [2.45, 2.75) is 12.5 Å². The molecule has 8 nitrogen and oxygen atoms in total. The summed E-state index contributed by atoms with van der Waals surface area (Å²) in [5.41, 5.74) is 8.14. The van der Waals surface area contributed by atoms with Crippen LogP contribution in [-0.2, 0) is 17.8 Å². The quantitative estimate of drug-likeness (QED) is 0.142. The Morgan fingerprint density at radius 3 is 2.44 bits per heavy atom. The Hall–Kier alpha value is -3.77. The van der Waals surface area contributed by atoms with Crippen molar-refractivity contribution in [2.24, 2.45) is 5.73 Å². The monoisotopic (exact) mass is 570 g/mol. The summed E-state index contributed by atoms with van der Waals surface area (Å²) in [6, 6.07) is 15.6. The van der Waals surface area contributed by atoms with Crippen molar-refractivity contribution in [3.63, 3.8) is 0 Å². The number of halogens is 3. The lowest BCUT2D eigenvalue weighted by Gasteiger charge is -2.23. The molecule has 0 fully saturated rings. The lowest BCUT2D eigenvalue weighted by Crippen LogP contribution is -2.32. The number of aromatic nitrogens is 2. The molecular formula is C27H25ClF2N6O2S. The van der Waals surface area contributed by atoms with Crippen LogP contribution in [0.1, 0.15) is 23.0 Å². The highest BCUT2D eigenvalue weighted by atomic mass is 35.5. The summed E-state index contributed by atoms with van der Waals surface area (Å²) in [4.78, 5) is 18.4. The van der Waals surface area contributed by atoms with Gasteiger partial charge in [-0.05, 0) is 36.2 Å². The van der Waals surface area contributed by atoms with Gasteiger partial charge in [-0.2, -0.15) is 4.72 Å². The van der Waals surface area contributed by atoms with Crippen molar-refractivity contribution in [1.82, 2.24) is 14.3 Å². The maximum atomic E-state index is 13.9. The molecule has 0 bridgehead atoms. The van der Waals surface area contributed by atoms with E-state index >= 15 is 0 Å². The Morgan fingerprint density at radius 2 is 1.82 bits per heavy atom. The van der Waals surface area contributed by atoms with Crippen LogP contribution in [0.3, 0.4) is 0 Å². The smallest absolute Gasteiger partial charge is 0.258 e. The van der Waals surface area contributed by atoms with Crippen LogP contribution < -0.4 is 21.3 Å². The first-order valence-electron chi connectivity index (χ1n) is 11.7. The van der Waals surface area contributed by atoms with Crippen molar-refractivity contribution in [3.8, 4) is 16.9 Å². The fraction of sp³-hybridized carbons (Fsp3) is 0.148. The molecule has 0 spiro atoms. The van der Waals surface area contributed by atoms with Gasteiger partial charge in [0.15, 0.2) is 5.84 Å². The third-order valence-corrected chi connectivity index (χ3v) is 6.65. The van der Waals surface area contributed by atoms with E-state index in [-0.39, 0.29) is 45.6 Å². The number of hydrogen-bond donors (Lipinski definition) is 4. The Labute approximate surface area is 231 Å². The number of anilines is 1. The number of rotatable bonds is 8. The molecule has 4 rings (SSSR count). The summed E-state index contributed by atoms with van der Waals surface area (Å²) in [5, 5.41) is 11.5. The van der Waals surface area contributed by atoms with Gasteiger partial charge in [-0.3, -0.25) is 14.8 Å². The average Bonchev–Trinajstić information content (AvgIpc) is 2.87. The molecule has 12 heteroatoms. The molecule has 202 valence electrons. The predicted octanol–water partition coefficient (Wildman–Crippen LogP) is 4.32. The number of nitrogens with zero attached hydrogens (tertiary/aromatic N) is 2. The second-order valence-electron chi connectivity index (χ2n) is 8.63. The topological polar surface area (TPSA) is 132 Å². The fourth-order valence-corrected chi connectivity index (χ4v) is 4.91. The van der Waals surface area contributed by atoms with Crippen molar-refractivity contribution >= 4 is 34.5 Å². The molecule has 0 aliphatic carbocycles. The summed E-state index contributed by atoms with van der Waals surface area (Å²) in [6.45, 7) is 0. The minimum absolute atomic E-state index is 0.0269. The maximum Gasteiger partial charge on any atom is 0.258 e. The molecule has 0 saturated carbocycles. The molecule has 5 N–H and O–H groups in total. The maximum absolute atomic E-state index is 13.9. The fourth-order valence-electron chi connectivity index (χ4n) is 4.27. The van der Waals surface area contributed by atoms with Gasteiger partial charge in [0.25, 0.3) is 5.56 Å². The van der Waals surface area contributed by atoms with E-state index in [2.05, 4.69) is 10.0 Å². The summed E-state index contributed by atoms with van der Waals surface area (Å²) >= 11 is 4.86. The molecule has 0 amide bonds. The second kappa shape index (κ2) is 12.0. The van der Waals surface area contributed by atoms with E-state index in [1.807, 2.05) is 6.07 Å². The minimum Gasteiger partial charge on any atom is -0.593 e. The SMILES string of the molecule is CNc1c(-n2c(C(N)Cc3cc(F)cc(F)c3)nc(-c3ccccc3)cc2=O)ccc(Cl)c1C(=N)N[S+](C)[O-]. The summed E-state index contributed by atoms with van der Waals surface area (Å²) < 4.78 is 43.3. The van der Waals surface area contributed by atoms with Crippen molar-refractivity contribution in [1.29, 1.82) is 5.41 Å². The lowest BCUT2D eigenvalue weighted by atomic mass is 10.0. The second-order valence-corrected chi connectivity index (χ2v) is 10.1. The molecule has 0 aliphatic rings. The first kappa shape index (κ1) is 28.2. The Bertz CT molecular complexity index is 1560. The average molecular weight is 571 g/mol. The van der Waals surface area contributed by atoms with Gasteiger partial charge in [0.2, 0.25) is 0 Å². The van der Waals surface area contributed by atoms with Gasteiger partial charge in [0, 0.05) is 24.7 Å². The van der Waals surface area contributed by atoms with Crippen LogP contribution in [0.2, 0.25) is 5.02 Å². The molecule has 0 saturated heterocycles. The van der Waals surface area contributed by atoms with Gasteiger partial charge in [-0.25, -0.2) is 13.8 Å². The van der Waals surface area contributed by atoms with Crippen molar-refractivity contribution in [2.75, 3.05) is 18.6 Å². The van der Waals surface area contributed by atoms with Gasteiger partial charge in [-0.1, -0.05) is 41.9 Å². The number of hydrogen-bond acceptors (Lipinski definition) is 6. The zero-order chi connectivity index (χ0) is 28.3. The Balaban J connectivity index is 1.95. The third kappa shape index (κ3) is 6.28. The number of nitrogens with two attached hydrogens (primary N) is 1. The highest BCUT2D eigenvalue weighted by molar-refractivity contribution is 7.89. The van der Waals surface area contributed by atoms with Crippen LogP contribution in [0.25, 0.3) is 16.9 Å². The van der Waals surface area contributed by atoms with E-state index in [9.17, 15) is 18.1 Å². The summed E-state index contributed by atoms with van der Waals surface area (Å²) in [5.74, 6) is -1.61. The number of benzene rings is 3. The number of nitrogens with one attached hydrogen (secondary N) is 3. The highest BCUT2D eigenvalue weighted by Crippen LogP contribution is 2.32. The standard InChI is InChI=1S/C27H25ClF2N6O2S/c1-33-25-22(9-8-19(28)24(25)26(32)35-39(2)38)36-23(37)14-21(16-6-4-3-5-7-16)34-27(36)20(31)12-15-10-17(29)13-18(30)11-15/h3-11,13-14,20,33H,12,31H2,1-2H3,(H2,32,35). The van der Waals surface area contributed by atoms with E-state index < -0.39 is 34.6 Å². The molecular weight excluding hydrogens is 546 g/mol. The van der Waals surface area contributed by atoms with E-state index in [0.717, 1.165) is 6.07 Å². The van der Waals surface area contributed by atoms with E-state index in [4.69, 9.17) is 27.7 Å². The lowest BCUT2D eigenvalue weighted by molar-refractivity contribution is 0.572. The molecule has 1 heterocycles. The van der Waals surface area contributed by atoms with Gasteiger partial charge < -0.3 is 15.6 Å². The van der Waals surface area contributed by atoms with Crippen molar-refractivity contribution in [3.05, 3.63) is 111 Å². The van der Waals surface area contributed by atoms with Crippen LogP contribution in [0.15, 0.2) is 71.5 Å². The van der Waals surface area contributed by atoms with E-state index in [1.54, 1.807) is 37.4 Å². The van der Waals surface area contributed by atoms with Crippen LogP contribution in [-0.4, -0.2) is 33.2 Å². The first-order valence-corrected chi connectivity index (χ1v) is 13.6. The molecule has 4 aromatic rings. The van der Waals surface area contributed by atoms with Gasteiger partial charge in [0.1, 0.15) is 23.7 Å². The normalized spacial score (nSPS) is 12.6. The zero-order valence-corrected chi connectivity index (χ0v) is 22.5. The predicted molar refractivity (Wildman–Crippen MR) is 151 cm³/mol. The molecule has 2 atom stereocenters. The molecule has 1 aromatic heterocycles. The molecule has 0 aliphatic heterocycles. The largest absolute Gasteiger partial charge is 0.593 e. The highest BCUT2D eigenvalue weighted by Gasteiger charge is 2.24. The molecule has 0 radical (unpaired) electrons. The van der Waals surface area contributed by atoms with Gasteiger partial charge in [-0.15, -0.1) is 0 Å². The Kier molecular flexibility index (Phi) is 8.66. The number of amidine groups is 1. The van der Waals surface area contributed by atoms with E-state index in [0.29, 0.717) is 11.3 Å². The first-order chi connectivity index (χ1) is 18.6. The molecule has 39 heavy (non-hydrogen) atoms. The third-order valence-electron chi connectivity index (χ3n) is 5.84. The van der Waals surface area contributed by atoms with Crippen molar-refractivity contribution < 1.29 is 13.3 Å². The molecule has 3 aromatic carbocycles. The van der Waals surface area contributed by atoms with Crippen LogP contribution in [0.4, 0.5) is 14.5 Å². The van der Waals surface area contributed by atoms with Gasteiger partial charge >= 0.3 is 0 Å². The molecule has 2 unspecified atom stereocenters. The van der Waals surface area contributed by atoms with Crippen LogP contribution in [0, 0.1) is 17.0 Å². The Morgan fingerprint density at radius 1 is 1.15 bits per heavy atom. The summed E-state index contributed by atoms with van der Waals surface area (Å²) in [7, 11) is 1.58. The van der Waals surface area contributed by atoms with Crippen LogP contribution >= 0.6 is 11.6 Å². The van der Waals surface area contributed by atoms with Crippen LogP contribution in [0.5, 0.6) is 0 Å². The van der Waals surface area contributed by atoms with Gasteiger partial charge in [0.05, 0.1) is 45.1 Å². The van der Waals surface area contributed by atoms with E-state index in [1.165, 1.54) is 35.1 Å².